The number of likely N-dealkylation sites (N-methyl/N-ethyl adjacent to an activating group) is 1. The number of ketones is 1. The minimum atomic E-state index is -0.274. The molecule has 0 bridgehead atoms. The zero-order chi connectivity index (χ0) is 19.4. The standard InChI is InChI=1S/C20H20Cl2N2O3/c1-23(19(25)13-24-8-10-27-11-9-24)18-7-6-14(21)12-16(18)20(26)15-4-2-3-5-17(15)22/h2-7,12H,8-11,13H2,1H3. The minimum Gasteiger partial charge on any atom is -0.379 e. The van der Waals surface area contributed by atoms with Gasteiger partial charge in [0.25, 0.3) is 0 Å². The molecule has 0 atom stereocenters. The van der Waals surface area contributed by atoms with E-state index in [9.17, 15) is 9.59 Å². The Morgan fingerprint density at radius 3 is 2.48 bits per heavy atom. The van der Waals surface area contributed by atoms with Gasteiger partial charge in [0.2, 0.25) is 5.91 Å². The average molecular weight is 407 g/mol. The molecule has 27 heavy (non-hydrogen) atoms. The van der Waals surface area contributed by atoms with Crippen LogP contribution in [0.5, 0.6) is 0 Å². The maximum absolute atomic E-state index is 13.0. The first-order chi connectivity index (χ1) is 13.0. The number of carbonyl (C=O) groups is 2. The molecule has 0 N–H and O–H groups in total. The van der Waals surface area contributed by atoms with Gasteiger partial charge in [-0.2, -0.15) is 0 Å². The zero-order valence-corrected chi connectivity index (χ0v) is 16.5. The third kappa shape index (κ3) is 4.68. The van der Waals surface area contributed by atoms with Crippen LogP contribution in [-0.2, 0) is 9.53 Å². The lowest BCUT2D eigenvalue weighted by molar-refractivity contribution is -0.120. The topological polar surface area (TPSA) is 49.9 Å². The van der Waals surface area contributed by atoms with Gasteiger partial charge in [-0.05, 0) is 30.3 Å². The molecule has 0 radical (unpaired) electrons. The second-order valence-electron chi connectivity index (χ2n) is 6.31. The molecule has 1 heterocycles. The summed E-state index contributed by atoms with van der Waals surface area (Å²) < 4.78 is 5.31. The predicted octanol–water partition coefficient (Wildman–Crippen LogP) is 3.52. The Morgan fingerprint density at radius 2 is 1.78 bits per heavy atom. The summed E-state index contributed by atoms with van der Waals surface area (Å²) in [6, 6.07) is 11.7. The maximum Gasteiger partial charge on any atom is 0.240 e. The van der Waals surface area contributed by atoms with E-state index >= 15 is 0 Å². The van der Waals surface area contributed by atoms with Gasteiger partial charge in [-0.25, -0.2) is 0 Å². The highest BCUT2D eigenvalue weighted by Gasteiger charge is 2.23. The molecule has 1 amide bonds. The maximum atomic E-state index is 13.0. The molecular formula is C20H20Cl2N2O3. The number of nitrogens with zero attached hydrogens (tertiary/aromatic N) is 2. The summed E-state index contributed by atoms with van der Waals surface area (Å²) in [6.07, 6.45) is 0. The molecule has 2 aromatic carbocycles. The summed E-state index contributed by atoms with van der Waals surface area (Å²) >= 11 is 12.3. The zero-order valence-electron chi connectivity index (χ0n) is 15.0. The van der Waals surface area contributed by atoms with E-state index in [1.54, 1.807) is 49.5 Å². The first-order valence-corrected chi connectivity index (χ1v) is 9.38. The number of benzene rings is 2. The van der Waals surface area contributed by atoms with Gasteiger partial charge in [-0.15, -0.1) is 0 Å². The van der Waals surface area contributed by atoms with Crippen LogP contribution in [0.25, 0.3) is 0 Å². The smallest absolute Gasteiger partial charge is 0.240 e. The third-order valence-electron chi connectivity index (χ3n) is 4.52. The molecule has 3 rings (SSSR count). The number of hydrogen-bond acceptors (Lipinski definition) is 4. The first-order valence-electron chi connectivity index (χ1n) is 8.63. The molecule has 1 saturated heterocycles. The Morgan fingerprint density at radius 1 is 1.07 bits per heavy atom. The fraction of sp³-hybridized carbons (Fsp3) is 0.300. The Hall–Kier alpha value is -1.92. The van der Waals surface area contributed by atoms with Crippen molar-refractivity contribution in [1.29, 1.82) is 0 Å². The van der Waals surface area contributed by atoms with Gasteiger partial charge in [-0.1, -0.05) is 35.3 Å². The van der Waals surface area contributed by atoms with Gasteiger partial charge in [0.1, 0.15) is 0 Å². The summed E-state index contributed by atoms with van der Waals surface area (Å²) in [5.41, 5.74) is 1.22. The monoisotopic (exact) mass is 406 g/mol. The summed E-state index contributed by atoms with van der Waals surface area (Å²) in [7, 11) is 1.66. The van der Waals surface area contributed by atoms with E-state index in [-0.39, 0.29) is 18.2 Å². The number of ether oxygens (including phenoxy) is 1. The number of anilines is 1. The van der Waals surface area contributed by atoms with Gasteiger partial charge in [0.15, 0.2) is 5.78 Å². The SMILES string of the molecule is CN(C(=O)CN1CCOCC1)c1ccc(Cl)cc1C(=O)c1ccccc1Cl. The van der Waals surface area contributed by atoms with E-state index in [0.29, 0.717) is 53.2 Å². The van der Waals surface area contributed by atoms with Crippen molar-refractivity contribution in [3.05, 3.63) is 63.6 Å². The third-order valence-corrected chi connectivity index (χ3v) is 5.08. The van der Waals surface area contributed by atoms with Crippen LogP contribution in [-0.4, -0.2) is 56.5 Å². The van der Waals surface area contributed by atoms with Crippen LogP contribution < -0.4 is 4.90 Å². The lowest BCUT2D eigenvalue weighted by atomic mass is 10.0. The Labute approximate surface area is 168 Å². The second-order valence-corrected chi connectivity index (χ2v) is 7.16. The summed E-state index contributed by atoms with van der Waals surface area (Å²) in [5, 5.41) is 0.777. The van der Waals surface area contributed by atoms with Crippen molar-refractivity contribution in [3.63, 3.8) is 0 Å². The quantitative estimate of drug-likeness (QED) is 0.712. The Bertz CT molecular complexity index is 851. The molecular weight excluding hydrogens is 387 g/mol. The van der Waals surface area contributed by atoms with E-state index in [1.165, 1.54) is 4.90 Å². The molecule has 1 aliphatic rings. The summed E-state index contributed by atoms with van der Waals surface area (Å²) in [6.45, 7) is 2.93. The first kappa shape index (κ1) is 19.8. The van der Waals surface area contributed by atoms with Crippen molar-refractivity contribution in [1.82, 2.24) is 4.90 Å². The number of amides is 1. The number of halogens is 2. The van der Waals surface area contributed by atoms with Gasteiger partial charge in [-0.3, -0.25) is 14.5 Å². The highest BCUT2D eigenvalue weighted by molar-refractivity contribution is 6.36. The number of carbonyl (C=O) groups excluding carboxylic acids is 2. The van der Waals surface area contributed by atoms with Crippen LogP contribution in [0.15, 0.2) is 42.5 Å². The van der Waals surface area contributed by atoms with E-state index in [2.05, 4.69) is 0 Å². The molecule has 142 valence electrons. The van der Waals surface area contributed by atoms with Crippen LogP contribution >= 0.6 is 23.2 Å². The van der Waals surface area contributed by atoms with Gasteiger partial charge in [0.05, 0.1) is 30.5 Å². The molecule has 2 aromatic rings. The van der Waals surface area contributed by atoms with Crippen molar-refractivity contribution >= 4 is 40.6 Å². The minimum absolute atomic E-state index is 0.104. The highest BCUT2D eigenvalue weighted by atomic mass is 35.5. The molecule has 0 spiro atoms. The van der Waals surface area contributed by atoms with E-state index in [1.807, 2.05) is 4.90 Å². The molecule has 0 aromatic heterocycles. The van der Waals surface area contributed by atoms with Crippen LogP contribution in [0.2, 0.25) is 10.0 Å². The van der Waals surface area contributed by atoms with Gasteiger partial charge < -0.3 is 9.64 Å². The number of rotatable bonds is 5. The molecule has 1 fully saturated rings. The summed E-state index contributed by atoms with van der Waals surface area (Å²) in [4.78, 5) is 29.3. The summed E-state index contributed by atoms with van der Waals surface area (Å²) in [5.74, 6) is -0.378. The Kier molecular flexibility index (Phi) is 6.50. The fourth-order valence-corrected chi connectivity index (χ4v) is 3.36. The lowest BCUT2D eigenvalue weighted by Gasteiger charge is -2.28. The van der Waals surface area contributed by atoms with Crippen molar-refractivity contribution < 1.29 is 14.3 Å². The average Bonchev–Trinajstić information content (AvgIpc) is 2.68. The fourth-order valence-electron chi connectivity index (χ4n) is 2.96. The largest absolute Gasteiger partial charge is 0.379 e. The van der Waals surface area contributed by atoms with E-state index < -0.39 is 0 Å². The predicted molar refractivity (Wildman–Crippen MR) is 107 cm³/mol. The van der Waals surface area contributed by atoms with Crippen molar-refractivity contribution in [2.75, 3.05) is 44.8 Å². The van der Waals surface area contributed by atoms with Crippen molar-refractivity contribution in [3.8, 4) is 0 Å². The molecule has 7 heteroatoms. The molecule has 0 saturated carbocycles. The Balaban J connectivity index is 1.88. The van der Waals surface area contributed by atoms with Crippen molar-refractivity contribution in [2.45, 2.75) is 0 Å². The van der Waals surface area contributed by atoms with E-state index in [4.69, 9.17) is 27.9 Å². The van der Waals surface area contributed by atoms with Crippen LogP contribution in [0.1, 0.15) is 15.9 Å². The van der Waals surface area contributed by atoms with Gasteiger partial charge >= 0.3 is 0 Å². The normalized spacial score (nSPS) is 14.8. The second kappa shape index (κ2) is 8.85. The lowest BCUT2D eigenvalue weighted by Crippen LogP contribution is -2.44. The molecule has 0 unspecified atom stereocenters. The molecule has 5 nitrogen and oxygen atoms in total. The van der Waals surface area contributed by atoms with Crippen LogP contribution in [0.4, 0.5) is 5.69 Å². The van der Waals surface area contributed by atoms with Crippen LogP contribution in [0.3, 0.4) is 0 Å². The number of hydrogen-bond donors (Lipinski definition) is 0. The van der Waals surface area contributed by atoms with Crippen molar-refractivity contribution in [2.24, 2.45) is 0 Å². The van der Waals surface area contributed by atoms with Crippen LogP contribution in [0, 0.1) is 0 Å². The molecule has 1 aliphatic heterocycles. The molecule has 0 aliphatic carbocycles. The highest BCUT2D eigenvalue weighted by Crippen LogP contribution is 2.28. The van der Waals surface area contributed by atoms with Gasteiger partial charge in [0, 0.05) is 36.3 Å². The number of morpholine rings is 1. The van der Waals surface area contributed by atoms with E-state index in [0.717, 1.165) is 0 Å².